The van der Waals surface area contributed by atoms with Gasteiger partial charge in [0.25, 0.3) is 0 Å². The van der Waals surface area contributed by atoms with Gasteiger partial charge in [-0.25, -0.2) is 4.79 Å². The molecule has 0 saturated carbocycles. The standard InChI is InChI=1S/C11H8BrF3N2O2S/c1-17(2)9-7(12)4-5(20-9)3-6-8(11(13,14)15)16-19-10(6)18/h3-4H,1-2H3. The van der Waals surface area contributed by atoms with E-state index in [9.17, 15) is 18.0 Å². The lowest BCUT2D eigenvalue weighted by Crippen LogP contribution is -2.24. The molecule has 0 radical (unpaired) electrons. The fourth-order valence-corrected chi connectivity index (χ4v) is 3.42. The lowest BCUT2D eigenvalue weighted by molar-refractivity contribution is -0.136. The Hall–Kier alpha value is -1.35. The van der Waals surface area contributed by atoms with Crippen LogP contribution in [0.2, 0.25) is 0 Å². The number of nitrogens with zero attached hydrogens (tertiary/aromatic N) is 2. The predicted octanol–water partition coefficient (Wildman–Crippen LogP) is 3.44. The van der Waals surface area contributed by atoms with Crippen LogP contribution in [0.4, 0.5) is 18.2 Å². The first kappa shape index (κ1) is 15.0. The maximum atomic E-state index is 12.7. The van der Waals surface area contributed by atoms with Crippen LogP contribution in [0.3, 0.4) is 0 Å². The molecular formula is C11H8BrF3N2O2S. The zero-order chi connectivity index (χ0) is 15.1. The van der Waals surface area contributed by atoms with Crippen LogP contribution in [0.5, 0.6) is 0 Å². The van der Waals surface area contributed by atoms with Crippen LogP contribution in [-0.2, 0) is 9.63 Å². The Morgan fingerprint density at radius 2 is 2.10 bits per heavy atom. The summed E-state index contributed by atoms with van der Waals surface area (Å²) < 4.78 is 38.8. The van der Waals surface area contributed by atoms with Crippen molar-refractivity contribution < 1.29 is 22.8 Å². The average molecular weight is 369 g/mol. The van der Waals surface area contributed by atoms with Crippen molar-refractivity contribution in [3.8, 4) is 0 Å². The van der Waals surface area contributed by atoms with Gasteiger partial charge in [-0.15, -0.1) is 11.3 Å². The molecule has 9 heteroatoms. The zero-order valence-electron chi connectivity index (χ0n) is 10.3. The molecule has 1 aromatic rings. The SMILES string of the molecule is CN(C)c1sc(C=C2C(=O)ON=C2C(F)(F)F)cc1Br. The van der Waals surface area contributed by atoms with Crippen LogP contribution in [-0.4, -0.2) is 32.0 Å². The van der Waals surface area contributed by atoms with Crippen LogP contribution < -0.4 is 4.90 Å². The molecule has 0 aliphatic carbocycles. The van der Waals surface area contributed by atoms with Gasteiger partial charge in [0, 0.05) is 19.0 Å². The molecule has 0 saturated heterocycles. The minimum Gasteiger partial charge on any atom is -0.369 e. The second kappa shape index (κ2) is 5.21. The zero-order valence-corrected chi connectivity index (χ0v) is 12.7. The van der Waals surface area contributed by atoms with Gasteiger partial charge in [-0.1, -0.05) is 5.16 Å². The molecule has 0 atom stereocenters. The number of rotatable bonds is 2. The van der Waals surface area contributed by atoms with Crippen LogP contribution >= 0.6 is 27.3 Å². The second-order valence-electron chi connectivity index (χ2n) is 4.07. The Kier molecular flexibility index (Phi) is 3.92. The second-order valence-corrected chi connectivity index (χ2v) is 5.99. The van der Waals surface area contributed by atoms with Gasteiger partial charge in [0.2, 0.25) is 0 Å². The minimum absolute atomic E-state index is 0.492. The van der Waals surface area contributed by atoms with Gasteiger partial charge in [0.15, 0.2) is 5.71 Å². The minimum atomic E-state index is -4.73. The molecule has 4 nitrogen and oxygen atoms in total. The highest BCUT2D eigenvalue weighted by Gasteiger charge is 2.45. The van der Waals surface area contributed by atoms with Crippen LogP contribution in [0, 0.1) is 0 Å². The molecule has 0 unspecified atom stereocenters. The summed E-state index contributed by atoms with van der Waals surface area (Å²) >= 11 is 4.55. The average Bonchev–Trinajstić information content (AvgIpc) is 2.83. The van der Waals surface area contributed by atoms with E-state index in [-0.39, 0.29) is 0 Å². The molecular weight excluding hydrogens is 361 g/mol. The van der Waals surface area contributed by atoms with Crippen LogP contribution in [0.25, 0.3) is 6.08 Å². The van der Waals surface area contributed by atoms with Gasteiger partial charge >= 0.3 is 12.1 Å². The normalized spacial score (nSPS) is 17.4. The monoisotopic (exact) mass is 368 g/mol. The van der Waals surface area contributed by atoms with E-state index in [4.69, 9.17) is 0 Å². The number of alkyl halides is 3. The number of halogens is 4. The first-order valence-corrected chi connectivity index (χ1v) is 6.86. The number of oxime groups is 1. The fourth-order valence-electron chi connectivity index (χ4n) is 1.51. The van der Waals surface area contributed by atoms with Crippen molar-refractivity contribution in [1.82, 2.24) is 0 Å². The molecule has 0 N–H and O–H groups in total. The Morgan fingerprint density at radius 1 is 1.45 bits per heavy atom. The molecule has 1 aromatic heterocycles. The van der Waals surface area contributed by atoms with E-state index in [0.29, 0.717) is 4.88 Å². The first-order valence-electron chi connectivity index (χ1n) is 5.25. The smallest absolute Gasteiger partial charge is 0.369 e. The maximum absolute atomic E-state index is 12.7. The Bertz CT molecular complexity index is 620. The van der Waals surface area contributed by atoms with Gasteiger partial charge in [0.1, 0.15) is 5.00 Å². The van der Waals surface area contributed by atoms with E-state index >= 15 is 0 Å². The number of carbonyl (C=O) groups excluding carboxylic acids is 1. The van der Waals surface area contributed by atoms with E-state index in [1.807, 2.05) is 4.90 Å². The van der Waals surface area contributed by atoms with Crippen molar-refractivity contribution in [3.63, 3.8) is 0 Å². The largest absolute Gasteiger partial charge is 0.437 e. The summed E-state index contributed by atoms with van der Waals surface area (Å²) in [7, 11) is 3.61. The molecule has 0 fully saturated rings. The number of hydrogen-bond donors (Lipinski definition) is 0. The third-order valence-electron chi connectivity index (χ3n) is 2.34. The lowest BCUT2D eigenvalue weighted by atomic mass is 10.1. The summed E-state index contributed by atoms with van der Waals surface area (Å²) in [6.45, 7) is 0. The van der Waals surface area contributed by atoms with Gasteiger partial charge in [0.05, 0.1) is 10.0 Å². The molecule has 2 heterocycles. The molecule has 1 aliphatic rings. The fraction of sp³-hybridized carbons (Fsp3) is 0.273. The Labute approximate surface area is 124 Å². The van der Waals surface area contributed by atoms with Crippen LogP contribution in [0.15, 0.2) is 21.3 Å². The number of carbonyl (C=O) groups is 1. The molecule has 1 aliphatic heterocycles. The summed E-state index contributed by atoms with van der Waals surface area (Å²) in [6.07, 6.45) is -3.60. The summed E-state index contributed by atoms with van der Waals surface area (Å²) in [5.74, 6) is -1.10. The summed E-state index contributed by atoms with van der Waals surface area (Å²) in [6, 6.07) is 1.63. The number of hydrogen-bond acceptors (Lipinski definition) is 5. The summed E-state index contributed by atoms with van der Waals surface area (Å²) in [5, 5.41) is 3.61. The van der Waals surface area contributed by atoms with E-state index < -0.39 is 23.4 Å². The molecule has 0 spiro atoms. The van der Waals surface area contributed by atoms with E-state index in [1.165, 1.54) is 11.3 Å². The van der Waals surface area contributed by atoms with Crippen molar-refractivity contribution in [3.05, 3.63) is 21.0 Å². The molecule has 0 bridgehead atoms. The van der Waals surface area contributed by atoms with Crippen molar-refractivity contribution in [2.75, 3.05) is 19.0 Å². The van der Waals surface area contributed by atoms with Gasteiger partial charge in [-0.2, -0.15) is 13.2 Å². The number of anilines is 1. The number of thiophene rings is 1. The van der Waals surface area contributed by atoms with Gasteiger partial charge < -0.3 is 9.74 Å². The molecule has 20 heavy (non-hydrogen) atoms. The van der Waals surface area contributed by atoms with E-state index in [0.717, 1.165) is 15.5 Å². The van der Waals surface area contributed by atoms with Gasteiger partial charge in [-0.05, 0) is 28.1 Å². The highest BCUT2D eigenvalue weighted by molar-refractivity contribution is 9.10. The van der Waals surface area contributed by atoms with E-state index in [1.54, 1.807) is 20.2 Å². The molecule has 0 amide bonds. The highest BCUT2D eigenvalue weighted by Crippen LogP contribution is 2.37. The Balaban J connectivity index is 2.41. The van der Waals surface area contributed by atoms with Crippen molar-refractivity contribution >= 4 is 50.0 Å². The topological polar surface area (TPSA) is 41.9 Å². The predicted molar refractivity (Wildman–Crippen MR) is 73.9 cm³/mol. The van der Waals surface area contributed by atoms with Crippen molar-refractivity contribution in [2.24, 2.45) is 5.16 Å². The Morgan fingerprint density at radius 3 is 2.60 bits per heavy atom. The van der Waals surface area contributed by atoms with Crippen molar-refractivity contribution in [2.45, 2.75) is 6.18 Å². The van der Waals surface area contributed by atoms with Crippen LogP contribution in [0.1, 0.15) is 4.88 Å². The first-order chi connectivity index (χ1) is 9.20. The lowest BCUT2D eigenvalue weighted by Gasteiger charge is -2.08. The summed E-state index contributed by atoms with van der Waals surface area (Å²) in [4.78, 5) is 17.7. The van der Waals surface area contributed by atoms with E-state index in [2.05, 4.69) is 25.9 Å². The molecule has 0 aromatic carbocycles. The maximum Gasteiger partial charge on any atom is 0.437 e. The third kappa shape index (κ3) is 2.88. The van der Waals surface area contributed by atoms with Gasteiger partial charge in [-0.3, -0.25) is 0 Å². The molecule has 108 valence electrons. The van der Waals surface area contributed by atoms with Crippen molar-refractivity contribution in [1.29, 1.82) is 0 Å². The molecule has 2 rings (SSSR count). The quantitative estimate of drug-likeness (QED) is 0.593. The third-order valence-corrected chi connectivity index (χ3v) is 4.46. The summed E-state index contributed by atoms with van der Waals surface area (Å²) in [5.41, 5.74) is -1.89. The highest BCUT2D eigenvalue weighted by atomic mass is 79.9.